The molecule has 239 valence electrons. The minimum Gasteiger partial charge on any atom is -0.477 e. The molecule has 40 heavy (non-hydrogen) atoms. The highest BCUT2D eigenvalue weighted by molar-refractivity contribution is 7.79. The van der Waals surface area contributed by atoms with E-state index in [1.807, 2.05) is 34.8 Å². The van der Waals surface area contributed by atoms with Gasteiger partial charge in [-0.05, 0) is 62.3 Å². The van der Waals surface area contributed by atoms with E-state index in [4.69, 9.17) is 10.1 Å². The van der Waals surface area contributed by atoms with Crippen LogP contribution in [0.4, 0.5) is 0 Å². The predicted molar refractivity (Wildman–Crippen MR) is 190 cm³/mol. The normalized spacial score (nSPS) is 11.2. The smallest absolute Gasteiger partial charge is 0.233 e. The molecule has 0 saturated heterocycles. The summed E-state index contributed by atoms with van der Waals surface area (Å²) in [6.45, 7) is 26.3. The van der Waals surface area contributed by atoms with Gasteiger partial charge in [-0.3, -0.25) is 5.41 Å². The van der Waals surface area contributed by atoms with Gasteiger partial charge >= 0.3 is 0 Å². The van der Waals surface area contributed by atoms with Crippen molar-refractivity contribution in [2.75, 3.05) is 6.61 Å². The standard InChI is InChI=1S/C15H28N2OS.C8H18.C7H14O.C2H6B.C2H6/c1-4-7-9-10-12-18-15(16)14(17-19)13(6-3)11-8-5-2;1-5-8(4)6-7(2)3;1-2-3-4-5-6-7-8;1-3-2;1-2/h11,16,19H,4-10,12H2,1-3H3;7-8H,5-6H2,1-4H3;7H,2-6H2,1H3;1-2H3;1-2H3/b13-11+,16-15?,17-14-;;;;. The maximum absolute atomic E-state index is 9.77. The van der Waals surface area contributed by atoms with Gasteiger partial charge in [0.2, 0.25) is 5.90 Å². The molecule has 0 heterocycles. The molecule has 1 atom stereocenters. The van der Waals surface area contributed by atoms with Crippen LogP contribution in [0, 0.1) is 17.2 Å². The fraction of sp³-hybridized carbons (Fsp3) is 0.853. The minimum absolute atomic E-state index is 0.149. The van der Waals surface area contributed by atoms with Crippen molar-refractivity contribution in [3.05, 3.63) is 11.6 Å². The molecule has 0 aliphatic heterocycles. The van der Waals surface area contributed by atoms with Gasteiger partial charge in [-0.15, -0.1) is 0 Å². The summed E-state index contributed by atoms with van der Waals surface area (Å²) in [5.41, 5.74) is 1.63. The monoisotopic (exact) mass is 584 g/mol. The third-order valence-electron chi connectivity index (χ3n) is 5.67. The molecule has 0 rings (SSSR count). The summed E-state index contributed by atoms with van der Waals surface area (Å²) in [6.07, 6.45) is 18.9. The van der Waals surface area contributed by atoms with Crippen molar-refractivity contribution in [2.24, 2.45) is 16.2 Å². The van der Waals surface area contributed by atoms with E-state index in [0.29, 0.717) is 12.3 Å². The average molecular weight is 584 g/mol. The lowest BCUT2D eigenvalue weighted by atomic mass is 9.88. The molecule has 0 aliphatic rings. The Balaban J connectivity index is -0.000000160. The second kappa shape index (κ2) is 45.0. The first-order chi connectivity index (χ1) is 19.2. The lowest BCUT2D eigenvalue weighted by Gasteiger charge is -2.11. The molecule has 0 bridgehead atoms. The van der Waals surface area contributed by atoms with Crippen molar-refractivity contribution >= 4 is 38.0 Å². The maximum Gasteiger partial charge on any atom is 0.233 e. The van der Waals surface area contributed by atoms with E-state index >= 15 is 0 Å². The third kappa shape index (κ3) is 44.0. The second-order valence-electron chi connectivity index (χ2n) is 10.3. The molecule has 1 radical (unpaired) electrons. The maximum atomic E-state index is 9.77. The van der Waals surface area contributed by atoms with E-state index < -0.39 is 0 Å². The zero-order valence-electron chi connectivity index (χ0n) is 29.2. The summed E-state index contributed by atoms with van der Waals surface area (Å²) in [5.74, 6) is 1.95. The van der Waals surface area contributed by atoms with Gasteiger partial charge < -0.3 is 9.53 Å². The number of ether oxygens (including phenoxy) is 1. The lowest BCUT2D eigenvalue weighted by molar-refractivity contribution is -0.107. The van der Waals surface area contributed by atoms with Crippen molar-refractivity contribution in [3.63, 3.8) is 0 Å². The number of nitrogens with one attached hydrogen (secondary N) is 1. The van der Waals surface area contributed by atoms with Crippen LogP contribution < -0.4 is 0 Å². The summed E-state index contributed by atoms with van der Waals surface area (Å²) in [5, 5.41) is 7.95. The molecular formula is C34H72BN2O2S. The van der Waals surface area contributed by atoms with Gasteiger partial charge in [-0.1, -0.05) is 140 Å². The molecule has 0 aliphatic carbocycles. The van der Waals surface area contributed by atoms with E-state index in [9.17, 15) is 4.79 Å². The Bertz CT molecular complexity index is 552. The number of carbonyl (C=O) groups excluding carboxylic acids is 1. The van der Waals surface area contributed by atoms with Crippen LogP contribution in [0.1, 0.15) is 159 Å². The zero-order chi connectivity index (χ0) is 32.0. The van der Waals surface area contributed by atoms with Gasteiger partial charge in [0, 0.05) is 6.42 Å². The van der Waals surface area contributed by atoms with E-state index in [1.165, 1.54) is 44.9 Å². The molecule has 0 fully saturated rings. The largest absolute Gasteiger partial charge is 0.477 e. The fourth-order valence-electron chi connectivity index (χ4n) is 3.38. The van der Waals surface area contributed by atoms with Crippen LogP contribution in [0.5, 0.6) is 0 Å². The van der Waals surface area contributed by atoms with Gasteiger partial charge in [0.1, 0.15) is 19.3 Å². The molecule has 4 nitrogen and oxygen atoms in total. The molecule has 0 saturated carbocycles. The molecule has 1 unspecified atom stereocenters. The molecule has 0 spiro atoms. The van der Waals surface area contributed by atoms with Gasteiger partial charge in [-0.2, -0.15) is 0 Å². The number of thiol groups is 1. The van der Waals surface area contributed by atoms with E-state index in [2.05, 4.69) is 78.7 Å². The summed E-state index contributed by atoms with van der Waals surface area (Å²) >= 11 is 3.98. The lowest BCUT2D eigenvalue weighted by Crippen LogP contribution is -2.19. The Morgan fingerprint density at radius 2 is 1.40 bits per heavy atom. The quantitative estimate of drug-likeness (QED) is 0.0421. The first-order valence-corrected chi connectivity index (χ1v) is 16.9. The third-order valence-corrected chi connectivity index (χ3v) is 5.87. The Hall–Kier alpha value is -1.04. The van der Waals surface area contributed by atoms with Crippen molar-refractivity contribution in [3.8, 4) is 0 Å². The number of allylic oxidation sites excluding steroid dienone is 1. The fourth-order valence-corrected chi connectivity index (χ4v) is 3.60. The van der Waals surface area contributed by atoms with Crippen LogP contribution in [-0.4, -0.2) is 31.8 Å². The van der Waals surface area contributed by atoms with Crippen molar-refractivity contribution in [2.45, 2.75) is 173 Å². The van der Waals surface area contributed by atoms with Crippen LogP contribution in [0.15, 0.2) is 16.0 Å². The number of unbranched alkanes of at least 4 members (excludes halogenated alkanes) is 8. The van der Waals surface area contributed by atoms with Gasteiger partial charge in [0.15, 0.2) is 0 Å². The second-order valence-corrected chi connectivity index (χ2v) is 10.5. The molecule has 0 amide bonds. The Labute approximate surface area is 259 Å². The Morgan fingerprint density at radius 3 is 1.75 bits per heavy atom. The molecule has 6 heteroatoms. The number of rotatable bonds is 18. The Kier molecular flexibility index (Phi) is 54.7. The zero-order valence-corrected chi connectivity index (χ0v) is 30.1. The SMILES string of the molecule is CC.CCC(C)CC(C)C.CCC/C=C(CC)/C(=N/S)C(=N)OCCCCCC.CCCCCCC=O.C[B]C. The van der Waals surface area contributed by atoms with Crippen LogP contribution >= 0.6 is 12.8 Å². The summed E-state index contributed by atoms with van der Waals surface area (Å²) < 4.78 is 9.39. The van der Waals surface area contributed by atoms with Crippen molar-refractivity contribution in [1.82, 2.24) is 0 Å². The number of carbonyl (C=O) groups is 1. The molecular weight excluding hydrogens is 511 g/mol. The topological polar surface area (TPSA) is 62.5 Å². The molecule has 0 aromatic rings. The molecule has 1 N–H and O–H groups in total. The number of hydrogen-bond acceptors (Lipinski definition) is 5. The minimum atomic E-state index is 0.149. The van der Waals surface area contributed by atoms with Gasteiger partial charge in [0.25, 0.3) is 0 Å². The highest BCUT2D eigenvalue weighted by atomic mass is 32.1. The highest BCUT2D eigenvalue weighted by Crippen LogP contribution is 2.13. The predicted octanol–water partition coefficient (Wildman–Crippen LogP) is 12.0. The highest BCUT2D eigenvalue weighted by Gasteiger charge is 2.12. The van der Waals surface area contributed by atoms with Gasteiger partial charge in [0.05, 0.1) is 6.61 Å². The number of aldehydes is 1. The Morgan fingerprint density at radius 1 is 0.875 bits per heavy atom. The van der Waals surface area contributed by atoms with E-state index in [1.54, 1.807) is 0 Å². The van der Waals surface area contributed by atoms with Crippen LogP contribution in [0.2, 0.25) is 13.6 Å². The molecule has 0 aromatic heterocycles. The van der Waals surface area contributed by atoms with E-state index in [-0.39, 0.29) is 5.90 Å². The van der Waals surface area contributed by atoms with E-state index in [0.717, 1.165) is 68.6 Å². The van der Waals surface area contributed by atoms with Gasteiger partial charge in [-0.25, -0.2) is 4.40 Å². The first-order valence-electron chi connectivity index (χ1n) is 16.5. The van der Waals surface area contributed by atoms with Crippen molar-refractivity contribution < 1.29 is 9.53 Å². The van der Waals surface area contributed by atoms with Crippen LogP contribution in [0.25, 0.3) is 0 Å². The summed E-state index contributed by atoms with van der Waals surface area (Å²) in [7, 11) is 2.00. The average Bonchev–Trinajstić information content (AvgIpc) is 2.95. The molecule has 0 aromatic carbocycles. The number of hydrogen-bond donors (Lipinski definition) is 2. The summed E-state index contributed by atoms with van der Waals surface area (Å²) in [6, 6.07) is 0. The summed E-state index contributed by atoms with van der Waals surface area (Å²) in [4.78, 5) is 9.77. The van der Waals surface area contributed by atoms with Crippen LogP contribution in [-0.2, 0) is 9.53 Å². The first kappa shape index (κ1) is 48.7. The number of nitrogens with zero attached hydrogens (tertiary/aromatic N) is 1. The van der Waals surface area contributed by atoms with Crippen LogP contribution in [0.3, 0.4) is 0 Å². The van der Waals surface area contributed by atoms with Crippen molar-refractivity contribution in [1.29, 1.82) is 5.41 Å².